The van der Waals surface area contributed by atoms with E-state index in [0.29, 0.717) is 12.3 Å². The maximum Gasteiger partial charge on any atom is 0.0615 e. The number of benzene rings is 2. The number of aliphatic hydroxyl groups excluding tert-OH is 1. The van der Waals surface area contributed by atoms with E-state index in [1.807, 2.05) is 24.3 Å². The highest BCUT2D eigenvalue weighted by Crippen LogP contribution is 2.29. The van der Waals surface area contributed by atoms with Gasteiger partial charge in [0.25, 0.3) is 0 Å². The zero-order valence-corrected chi connectivity index (χ0v) is 11.5. The summed E-state index contributed by atoms with van der Waals surface area (Å²) < 4.78 is 0. The van der Waals surface area contributed by atoms with Crippen LogP contribution in [0.3, 0.4) is 0 Å². The summed E-state index contributed by atoms with van der Waals surface area (Å²) in [4.78, 5) is 0. The second kappa shape index (κ2) is 5.36. The van der Waals surface area contributed by atoms with Crippen LogP contribution in [0.4, 0.5) is 0 Å². The molecule has 2 heteroatoms. The van der Waals surface area contributed by atoms with Gasteiger partial charge in [0.05, 0.1) is 6.10 Å². The Hall–Kier alpha value is -1.31. The largest absolute Gasteiger partial charge is 0.392 e. The van der Waals surface area contributed by atoms with Crippen LogP contribution in [-0.4, -0.2) is 11.2 Å². The lowest BCUT2D eigenvalue weighted by Gasteiger charge is -2.17. The Labute approximate surface area is 118 Å². The van der Waals surface area contributed by atoms with Crippen molar-refractivity contribution in [3.8, 4) is 0 Å². The molecule has 0 spiro atoms. The van der Waals surface area contributed by atoms with Crippen molar-refractivity contribution in [3.63, 3.8) is 0 Å². The average Bonchev–Trinajstić information content (AvgIpc) is 2.85. The zero-order chi connectivity index (χ0) is 13.2. The second-order valence-corrected chi connectivity index (χ2v) is 5.77. The zero-order valence-electron chi connectivity index (χ0n) is 10.7. The van der Waals surface area contributed by atoms with Gasteiger partial charge in [0.15, 0.2) is 0 Å². The lowest BCUT2D eigenvalue weighted by Crippen LogP contribution is -2.23. The van der Waals surface area contributed by atoms with E-state index in [4.69, 9.17) is 11.6 Å². The summed E-state index contributed by atoms with van der Waals surface area (Å²) in [5, 5.41) is 11.2. The van der Waals surface area contributed by atoms with Gasteiger partial charge < -0.3 is 5.11 Å². The monoisotopic (exact) mass is 272 g/mol. The third kappa shape index (κ3) is 2.83. The Bertz CT molecular complexity index is 537. The first-order valence-corrected chi connectivity index (χ1v) is 7.09. The summed E-state index contributed by atoms with van der Waals surface area (Å²) in [7, 11) is 0. The Balaban J connectivity index is 1.66. The van der Waals surface area contributed by atoms with Crippen molar-refractivity contribution >= 4 is 11.6 Å². The summed E-state index contributed by atoms with van der Waals surface area (Å²) in [5.41, 5.74) is 3.93. The van der Waals surface area contributed by atoms with E-state index in [2.05, 4.69) is 24.3 Å². The van der Waals surface area contributed by atoms with Gasteiger partial charge in [-0.15, -0.1) is 0 Å². The molecule has 0 aliphatic heterocycles. The van der Waals surface area contributed by atoms with Crippen molar-refractivity contribution in [2.75, 3.05) is 0 Å². The fourth-order valence-electron chi connectivity index (χ4n) is 2.89. The molecule has 1 N–H and O–H groups in total. The number of aliphatic hydroxyl groups is 1. The van der Waals surface area contributed by atoms with Crippen LogP contribution < -0.4 is 0 Å². The van der Waals surface area contributed by atoms with Gasteiger partial charge in [-0.1, -0.05) is 48.0 Å². The summed E-state index contributed by atoms with van der Waals surface area (Å²) in [6.45, 7) is 0. The van der Waals surface area contributed by atoms with Crippen molar-refractivity contribution in [2.45, 2.75) is 25.4 Å². The highest BCUT2D eigenvalue weighted by molar-refractivity contribution is 6.30. The first-order valence-electron chi connectivity index (χ1n) is 6.71. The number of fused-ring (bicyclic) bond motifs is 1. The first-order chi connectivity index (χ1) is 9.22. The molecule has 2 aromatic rings. The lowest BCUT2D eigenvalue weighted by atomic mass is 9.94. The highest BCUT2D eigenvalue weighted by atomic mass is 35.5. The molecule has 1 aliphatic rings. The van der Waals surface area contributed by atoms with Crippen LogP contribution in [-0.2, 0) is 19.3 Å². The van der Waals surface area contributed by atoms with E-state index in [-0.39, 0.29) is 6.10 Å². The molecule has 0 aromatic heterocycles. The van der Waals surface area contributed by atoms with E-state index in [1.54, 1.807) is 0 Å². The van der Waals surface area contributed by atoms with Gasteiger partial charge in [-0.2, -0.15) is 0 Å². The Morgan fingerprint density at radius 2 is 1.58 bits per heavy atom. The van der Waals surface area contributed by atoms with Gasteiger partial charge in [0.2, 0.25) is 0 Å². The number of hydrogen-bond donors (Lipinski definition) is 1. The summed E-state index contributed by atoms with van der Waals surface area (Å²) in [5.74, 6) is 0.341. The minimum atomic E-state index is -0.284. The maximum atomic E-state index is 10.4. The van der Waals surface area contributed by atoms with Crippen LogP contribution in [0.1, 0.15) is 16.7 Å². The molecule has 1 aliphatic carbocycles. The third-order valence-electron chi connectivity index (χ3n) is 3.98. The number of hydrogen-bond acceptors (Lipinski definition) is 1. The summed E-state index contributed by atoms with van der Waals surface area (Å²) in [6, 6.07) is 16.2. The minimum absolute atomic E-state index is 0.284. The van der Waals surface area contributed by atoms with Gasteiger partial charge in [-0.05, 0) is 54.0 Å². The Kier molecular flexibility index (Phi) is 3.58. The third-order valence-corrected chi connectivity index (χ3v) is 4.24. The standard InChI is InChI=1S/C17H17ClO/c18-16-7-5-12(6-8-16)9-17(19)15-10-13-3-1-2-4-14(13)11-15/h1-8,15,17,19H,9-11H2. The Morgan fingerprint density at radius 1 is 1.00 bits per heavy atom. The normalized spacial score (nSPS) is 16.3. The van der Waals surface area contributed by atoms with Crippen LogP contribution in [0, 0.1) is 5.92 Å². The van der Waals surface area contributed by atoms with E-state index in [9.17, 15) is 5.11 Å². The maximum absolute atomic E-state index is 10.4. The summed E-state index contributed by atoms with van der Waals surface area (Å²) in [6.07, 6.45) is 2.40. The lowest BCUT2D eigenvalue weighted by molar-refractivity contribution is 0.113. The smallest absolute Gasteiger partial charge is 0.0615 e. The van der Waals surface area contributed by atoms with Crippen molar-refractivity contribution < 1.29 is 5.11 Å². The van der Waals surface area contributed by atoms with Crippen LogP contribution in [0.25, 0.3) is 0 Å². The molecule has 19 heavy (non-hydrogen) atoms. The number of halogens is 1. The quantitative estimate of drug-likeness (QED) is 0.904. The molecule has 1 unspecified atom stereocenters. The van der Waals surface area contributed by atoms with Crippen molar-refractivity contribution in [1.82, 2.24) is 0 Å². The fourth-order valence-corrected chi connectivity index (χ4v) is 3.02. The summed E-state index contributed by atoms with van der Waals surface area (Å²) >= 11 is 5.87. The van der Waals surface area contributed by atoms with Crippen molar-refractivity contribution in [2.24, 2.45) is 5.92 Å². The van der Waals surface area contributed by atoms with E-state index in [0.717, 1.165) is 23.4 Å². The molecule has 2 aromatic carbocycles. The topological polar surface area (TPSA) is 20.2 Å². The molecular weight excluding hydrogens is 256 g/mol. The van der Waals surface area contributed by atoms with Crippen LogP contribution >= 0.6 is 11.6 Å². The number of rotatable bonds is 3. The molecule has 3 rings (SSSR count). The fraction of sp³-hybridized carbons (Fsp3) is 0.294. The second-order valence-electron chi connectivity index (χ2n) is 5.33. The minimum Gasteiger partial charge on any atom is -0.392 e. The molecule has 0 saturated heterocycles. The average molecular weight is 273 g/mol. The molecule has 1 atom stereocenters. The van der Waals surface area contributed by atoms with E-state index < -0.39 is 0 Å². The highest BCUT2D eigenvalue weighted by Gasteiger charge is 2.27. The van der Waals surface area contributed by atoms with Crippen molar-refractivity contribution in [3.05, 3.63) is 70.2 Å². The first kappa shape index (κ1) is 12.7. The molecule has 0 heterocycles. The van der Waals surface area contributed by atoms with Gasteiger partial charge >= 0.3 is 0 Å². The molecular formula is C17H17ClO. The van der Waals surface area contributed by atoms with Gasteiger partial charge in [0, 0.05) is 5.02 Å². The van der Waals surface area contributed by atoms with E-state index in [1.165, 1.54) is 11.1 Å². The van der Waals surface area contributed by atoms with E-state index >= 15 is 0 Å². The predicted octanol–water partition coefficient (Wildman–Crippen LogP) is 3.66. The van der Waals surface area contributed by atoms with Gasteiger partial charge in [-0.3, -0.25) is 0 Å². The van der Waals surface area contributed by atoms with Gasteiger partial charge in [0.1, 0.15) is 0 Å². The van der Waals surface area contributed by atoms with Crippen LogP contribution in [0.5, 0.6) is 0 Å². The molecule has 0 amide bonds. The molecule has 0 bridgehead atoms. The molecule has 0 saturated carbocycles. The Morgan fingerprint density at radius 3 is 2.16 bits per heavy atom. The molecule has 98 valence electrons. The van der Waals surface area contributed by atoms with Crippen LogP contribution in [0.2, 0.25) is 5.02 Å². The molecule has 1 nitrogen and oxygen atoms in total. The SMILES string of the molecule is OC(Cc1ccc(Cl)cc1)C1Cc2ccccc2C1. The van der Waals surface area contributed by atoms with Crippen LogP contribution in [0.15, 0.2) is 48.5 Å². The van der Waals surface area contributed by atoms with Gasteiger partial charge in [-0.25, -0.2) is 0 Å². The molecule has 0 fully saturated rings. The predicted molar refractivity (Wildman–Crippen MR) is 78.5 cm³/mol. The van der Waals surface area contributed by atoms with Crippen molar-refractivity contribution in [1.29, 1.82) is 0 Å². The molecule has 0 radical (unpaired) electrons.